The molecule has 0 spiro atoms. The summed E-state index contributed by atoms with van der Waals surface area (Å²) in [5.41, 5.74) is 3.40. The number of aryl methyl sites for hydroxylation is 1. The van der Waals surface area contributed by atoms with E-state index in [0.717, 1.165) is 49.1 Å². The van der Waals surface area contributed by atoms with Crippen LogP contribution in [0.25, 0.3) is 11.0 Å². The van der Waals surface area contributed by atoms with Crippen LogP contribution in [-0.4, -0.2) is 38.9 Å². The van der Waals surface area contributed by atoms with Gasteiger partial charge in [0.25, 0.3) is 0 Å². The molecule has 6 nitrogen and oxygen atoms in total. The molecule has 3 aromatic rings. The maximum Gasteiger partial charge on any atom is 0.160 e. The van der Waals surface area contributed by atoms with Crippen LogP contribution >= 0.6 is 0 Å². The molecular formula is C19H23N5O. The summed E-state index contributed by atoms with van der Waals surface area (Å²) in [5, 5.41) is 11.4. The number of nitrogens with zero attached hydrogens (tertiary/aromatic N) is 3. The zero-order chi connectivity index (χ0) is 17.1. The quantitative estimate of drug-likeness (QED) is 0.722. The lowest BCUT2D eigenvalue weighted by Crippen LogP contribution is -2.19. The SMILES string of the molecule is Cc1ccc(CCOC2CC[C@H](Nc3ncnc4[nH]ncc34)C2)cc1. The monoisotopic (exact) mass is 337 g/mol. The van der Waals surface area contributed by atoms with Gasteiger partial charge in [0.05, 0.1) is 24.3 Å². The van der Waals surface area contributed by atoms with Crippen molar-refractivity contribution >= 4 is 16.9 Å². The molecule has 0 amide bonds. The average Bonchev–Trinajstić information content (AvgIpc) is 3.27. The first-order valence-electron chi connectivity index (χ1n) is 8.86. The fourth-order valence-corrected chi connectivity index (χ4v) is 3.39. The number of aromatic amines is 1. The van der Waals surface area contributed by atoms with Gasteiger partial charge in [-0.15, -0.1) is 0 Å². The Morgan fingerprint density at radius 2 is 2.08 bits per heavy atom. The smallest absolute Gasteiger partial charge is 0.160 e. The Bertz CT molecular complexity index is 829. The lowest BCUT2D eigenvalue weighted by Gasteiger charge is -2.15. The minimum absolute atomic E-state index is 0.324. The van der Waals surface area contributed by atoms with Crippen molar-refractivity contribution in [3.63, 3.8) is 0 Å². The number of nitrogens with one attached hydrogen (secondary N) is 2. The number of hydrogen-bond acceptors (Lipinski definition) is 5. The summed E-state index contributed by atoms with van der Waals surface area (Å²) in [4.78, 5) is 8.53. The van der Waals surface area contributed by atoms with Gasteiger partial charge in [0.2, 0.25) is 0 Å². The molecule has 4 rings (SSSR count). The van der Waals surface area contributed by atoms with E-state index in [2.05, 4.69) is 56.7 Å². The number of rotatable bonds is 6. The van der Waals surface area contributed by atoms with E-state index in [4.69, 9.17) is 4.74 Å². The predicted octanol–water partition coefficient (Wildman–Crippen LogP) is 3.25. The topological polar surface area (TPSA) is 75.7 Å². The highest BCUT2D eigenvalue weighted by Gasteiger charge is 2.26. The van der Waals surface area contributed by atoms with E-state index >= 15 is 0 Å². The number of fused-ring (bicyclic) bond motifs is 1. The number of benzene rings is 1. The van der Waals surface area contributed by atoms with E-state index in [-0.39, 0.29) is 0 Å². The maximum atomic E-state index is 6.09. The van der Waals surface area contributed by atoms with Gasteiger partial charge in [-0.2, -0.15) is 5.10 Å². The molecule has 0 radical (unpaired) electrons. The highest BCUT2D eigenvalue weighted by molar-refractivity contribution is 5.85. The maximum absolute atomic E-state index is 6.09. The molecule has 2 heterocycles. The van der Waals surface area contributed by atoms with Crippen LogP contribution in [0.1, 0.15) is 30.4 Å². The molecule has 130 valence electrons. The van der Waals surface area contributed by atoms with E-state index in [1.54, 1.807) is 12.5 Å². The second kappa shape index (κ2) is 7.19. The van der Waals surface area contributed by atoms with Gasteiger partial charge in [0.1, 0.15) is 12.1 Å². The third-order valence-electron chi connectivity index (χ3n) is 4.84. The fraction of sp³-hybridized carbons (Fsp3) is 0.421. The van der Waals surface area contributed by atoms with Crippen LogP contribution < -0.4 is 5.32 Å². The van der Waals surface area contributed by atoms with Crippen LogP contribution in [-0.2, 0) is 11.2 Å². The first-order chi connectivity index (χ1) is 12.3. The first-order valence-corrected chi connectivity index (χ1v) is 8.86. The highest BCUT2D eigenvalue weighted by atomic mass is 16.5. The van der Waals surface area contributed by atoms with Crippen molar-refractivity contribution in [3.8, 4) is 0 Å². The number of anilines is 1. The molecule has 25 heavy (non-hydrogen) atoms. The van der Waals surface area contributed by atoms with Gasteiger partial charge in [0.15, 0.2) is 5.65 Å². The largest absolute Gasteiger partial charge is 0.378 e. The standard InChI is InChI=1S/C19H23N5O/c1-13-2-4-14(5-3-13)8-9-25-16-7-6-15(10-16)23-18-17-11-22-24-19(17)21-12-20-18/h2-5,11-12,15-16H,6-10H2,1H3,(H2,20,21,22,23,24)/t15-,16?/m0/s1. The number of ether oxygens (including phenoxy) is 1. The average molecular weight is 337 g/mol. The zero-order valence-corrected chi connectivity index (χ0v) is 14.4. The van der Waals surface area contributed by atoms with Crippen LogP contribution in [0.3, 0.4) is 0 Å². The van der Waals surface area contributed by atoms with Gasteiger partial charge in [-0.1, -0.05) is 29.8 Å². The summed E-state index contributed by atoms with van der Waals surface area (Å²) in [5.74, 6) is 0.851. The Morgan fingerprint density at radius 1 is 1.20 bits per heavy atom. The van der Waals surface area contributed by atoms with E-state index < -0.39 is 0 Å². The molecule has 2 atom stereocenters. The van der Waals surface area contributed by atoms with Gasteiger partial charge in [-0.3, -0.25) is 5.10 Å². The Labute approximate surface area is 147 Å². The second-order valence-corrected chi connectivity index (χ2v) is 6.74. The molecule has 6 heteroatoms. The summed E-state index contributed by atoms with van der Waals surface area (Å²) in [6.07, 6.45) is 7.82. The Balaban J connectivity index is 1.27. The molecular weight excluding hydrogens is 314 g/mol. The van der Waals surface area contributed by atoms with Crippen LogP contribution in [0.15, 0.2) is 36.8 Å². The zero-order valence-electron chi connectivity index (χ0n) is 14.4. The van der Waals surface area contributed by atoms with Crippen molar-refractivity contribution in [1.82, 2.24) is 20.2 Å². The normalized spacial score (nSPS) is 20.2. The van der Waals surface area contributed by atoms with Gasteiger partial charge >= 0.3 is 0 Å². The molecule has 1 aromatic carbocycles. The van der Waals surface area contributed by atoms with Crippen molar-refractivity contribution in [1.29, 1.82) is 0 Å². The molecule has 1 aliphatic carbocycles. The van der Waals surface area contributed by atoms with Crippen molar-refractivity contribution in [3.05, 3.63) is 47.9 Å². The lowest BCUT2D eigenvalue weighted by atomic mass is 10.1. The van der Waals surface area contributed by atoms with Crippen LogP contribution in [0.5, 0.6) is 0 Å². The summed E-state index contributed by atoms with van der Waals surface area (Å²) >= 11 is 0. The van der Waals surface area contributed by atoms with Crippen LogP contribution in [0.2, 0.25) is 0 Å². The fourth-order valence-electron chi connectivity index (χ4n) is 3.39. The van der Waals surface area contributed by atoms with Gasteiger partial charge in [-0.25, -0.2) is 9.97 Å². The van der Waals surface area contributed by atoms with Gasteiger partial charge in [-0.05, 0) is 38.2 Å². The van der Waals surface area contributed by atoms with Crippen molar-refractivity contribution in [2.45, 2.75) is 44.8 Å². The van der Waals surface area contributed by atoms with Crippen molar-refractivity contribution < 1.29 is 4.74 Å². The van der Waals surface area contributed by atoms with E-state index in [1.165, 1.54) is 11.1 Å². The predicted molar refractivity (Wildman–Crippen MR) is 97.6 cm³/mol. The third kappa shape index (κ3) is 3.79. The molecule has 0 aliphatic heterocycles. The molecule has 1 fully saturated rings. The summed E-state index contributed by atoms with van der Waals surface area (Å²) < 4.78 is 6.09. The van der Waals surface area contributed by atoms with Crippen molar-refractivity contribution in [2.75, 3.05) is 11.9 Å². The third-order valence-corrected chi connectivity index (χ3v) is 4.84. The van der Waals surface area contributed by atoms with Crippen molar-refractivity contribution in [2.24, 2.45) is 0 Å². The minimum Gasteiger partial charge on any atom is -0.378 e. The second-order valence-electron chi connectivity index (χ2n) is 6.74. The molecule has 2 N–H and O–H groups in total. The first kappa shape index (κ1) is 16.0. The van der Waals surface area contributed by atoms with Crippen LogP contribution in [0.4, 0.5) is 5.82 Å². The molecule has 1 saturated carbocycles. The highest BCUT2D eigenvalue weighted by Crippen LogP contribution is 2.27. The lowest BCUT2D eigenvalue weighted by molar-refractivity contribution is 0.0601. The summed E-state index contributed by atoms with van der Waals surface area (Å²) in [6, 6.07) is 9.07. The Hall–Kier alpha value is -2.47. The molecule has 0 bridgehead atoms. The summed E-state index contributed by atoms with van der Waals surface area (Å²) in [6.45, 7) is 2.89. The molecule has 2 aromatic heterocycles. The van der Waals surface area contributed by atoms with Gasteiger partial charge in [0, 0.05) is 6.04 Å². The van der Waals surface area contributed by atoms with E-state index in [9.17, 15) is 0 Å². The molecule has 1 unspecified atom stereocenters. The number of aromatic nitrogens is 4. The van der Waals surface area contributed by atoms with Gasteiger partial charge < -0.3 is 10.1 Å². The number of hydrogen-bond donors (Lipinski definition) is 2. The molecule has 0 saturated heterocycles. The Morgan fingerprint density at radius 3 is 2.96 bits per heavy atom. The Kier molecular flexibility index (Phi) is 4.61. The van der Waals surface area contributed by atoms with E-state index in [0.29, 0.717) is 12.1 Å². The minimum atomic E-state index is 0.324. The summed E-state index contributed by atoms with van der Waals surface area (Å²) in [7, 11) is 0. The van der Waals surface area contributed by atoms with Crippen LogP contribution in [0, 0.1) is 6.92 Å². The molecule has 1 aliphatic rings. The van der Waals surface area contributed by atoms with E-state index in [1.807, 2.05) is 0 Å². The number of H-pyrrole nitrogens is 1.